The van der Waals surface area contributed by atoms with Crippen molar-refractivity contribution in [2.75, 3.05) is 12.4 Å². The Morgan fingerprint density at radius 3 is 2.62 bits per heavy atom. The Morgan fingerprint density at radius 2 is 1.91 bits per heavy atom. The summed E-state index contributed by atoms with van der Waals surface area (Å²) in [7, 11) is 1.57. The highest BCUT2D eigenvalue weighted by atomic mass is 35.5. The Labute approximate surface area is 209 Å². The summed E-state index contributed by atoms with van der Waals surface area (Å²) in [5.41, 5.74) is 4.95. The second kappa shape index (κ2) is 10.9. The number of carbonyl (C=O) groups is 1. The summed E-state index contributed by atoms with van der Waals surface area (Å²) in [6, 6.07) is 19.9. The number of rotatable bonds is 8. The van der Waals surface area contributed by atoms with E-state index in [2.05, 4.69) is 35.8 Å². The molecule has 2 N–H and O–H groups in total. The van der Waals surface area contributed by atoms with Crippen LogP contribution in [0.5, 0.6) is 11.5 Å². The molecule has 0 aromatic heterocycles. The average molecular weight is 495 g/mol. The number of amides is 1. The zero-order valence-corrected chi connectivity index (χ0v) is 20.9. The van der Waals surface area contributed by atoms with Crippen LogP contribution in [-0.2, 0) is 17.8 Å². The highest BCUT2D eigenvalue weighted by Gasteiger charge is 2.27. The van der Waals surface area contributed by atoms with E-state index in [1.165, 1.54) is 22.9 Å². The molecule has 3 aromatic rings. The zero-order valence-electron chi connectivity index (χ0n) is 19.4. The van der Waals surface area contributed by atoms with E-state index >= 15 is 0 Å². The molecule has 4 rings (SSSR count). The van der Waals surface area contributed by atoms with E-state index in [1.54, 1.807) is 19.3 Å². The van der Waals surface area contributed by atoms with E-state index in [1.807, 2.05) is 43.3 Å². The molecule has 1 atom stereocenters. The lowest BCUT2D eigenvalue weighted by Gasteiger charge is -2.14. The fourth-order valence-electron chi connectivity index (χ4n) is 3.63. The third-order valence-corrected chi connectivity index (χ3v) is 6.72. The third-order valence-electron chi connectivity index (χ3n) is 5.41. The summed E-state index contributed by atoms with van der Waals surface area (Å²) in [6.45, 7) is 4.54. The lowest BCUT2D eigenvalue weighted by molar-refractivity contribution is -0.116. The number of thioether (sulfide) groups is 1. The van der Waals surface area contributed by atoms with Crippen LogP contribution in [0.1, 0.15) is 29.2 Å². The van der Waals surface area contributed by atoms with Crippen molar-refractivity contribution in [3.8, 4) is 11.5 Å². The summed E-state index contributed by atoms with van der Waals surface area (Å²) in [5.74, 6) is 0.857. The molecule has 1 aliphatic heterocycles. The topological polar surface area (TPSA) is 59.6 Å². The molecule has 0 radical (unpaired) electrons. The van der Waals surface area contributed by atoms with Crippen molar-refractivity contribution >= 4 is 41.0 Å². The van der Waals surface area contributed by atoms with E-state index in [9.17, 15) is 4.79 Å². The van der Waals surface area contributed by atoms with E-state index in [-0.39, 0.29) is 11.4 Å². The predicted molar refractivity (Wildman–Crippen MR) is 140 cm³/mol. The van der Waals surface area contributed by atoms with Crippen LogP contribution in [0, 0.1) is 6.92 Å². The number of benzene rings is 3. The predicted octanol–water partition coefficient (Wildman–Crippen LogP) is 6.40. The lowest BCUT2D eigenvalue weighted by atomic mass is 10.1. The van der Waals surface area contributed by atoms with Gasteiger partial charge in [0.15, 0.2) is 17.0 Å². The van der Waals surface area contributed by atoms with Crippen molar-refractivity contribution in [3.05, 3.63) is 92.8 Å². The lowest BCUT2D eigenvalue weighted by Crippen LogP contribution is -2.30. The average Bonchev–Trinajstić information content (AvgIpc) is 3.16. The molecule has 1 heterocycles. The molecule has 34 heavy (non-hydrogen) atoms. The molecule has 176 valence electrons. The SMILES string of the molecule is CCc1ccc(N[C@@H]2NC(=O)/C(=C/c3cc(Cl)c(OCc4cccc(C)c4)c(OC)c3)S2)cc1. The summed E-state index contributed by atoms with van der Waals surface area (Å²) in [4.78, 5) is 13.1. The first-order valence-corrected chi connectivity index (χ1v) is 12.3. The maximum atomic E-state index is 12.5. The molecule has 7 heteroatoms. The molecule has 5 nitrogen and oxygen atoms in total. The molecule has 3 aromatic carbocycles. The molecule has 1 saturated heterocycles. The van der Waals surface area contributed by atoms with Gasteiger partial charge in [0.2, 0.25) is 0 Å². The van der Waals surface area contributed by atoms with Crippen LogP contribution in [0.15, 0.2) is 65.6 Å². The first kappa shape index (κ1) is 24.0. The molecule has 0 aliphatic carbocycles. The van der Waals surface area contributed by atoms with Gasteiger partial charge < -0.3 is 20.1 Å². The Bertz CT molecular complexity index is 1210. The highest BCUT2D eigenvalue weighted by Crippen LogP contribution is 2.39. The van der Waals surface area contributed by atoms with Gasteiger partial charge in [0.25, 0.3) is 5.91 Å². The van der Waals surface area contributed by atoms with Crippen molar-refractivity contribution < 1.29 is 14.3 Å². The van der Waals surface area contributed by atoms with Crippen molar-refractivity contribution in [1.29, 1.82) is 0 Å². The fraction of sp³-hybridized carbons (Fsp3) is 0.222. The van der Waals surface area contributed by atoms with Gasteiger partial charge in [0.05, 0.1) is 17.0 Å². The van der Waals surface area contributed by atoms with Gasteiger partial charge in [-0.25, -0.2) is 0 Å². The number of ether oxygens (including phenoxy) is 2. The minimum absolute atomic E-state index is 0.137. The number of halogens is 1. The van der Waals surface area contributed by atoms with E-state index < -0.39 is 0 Å². The Kier molecular flexibility index (Phi) is 7.70. The summed E-state index contributed by atoms with van der Waals surface area (Å²) >= 11 is 7.96. The number of anilines is 1. The van der Waals surface area contributed by atoms with Crippen molar-refractivity contribution in [1.82, 2.24) is 5.32 Å². The second-order valence-corrected chi connectivity index (χ2v) is 9.54. The van der Waals surface area contributed by atoms with Gasteiger partial charge >= 0.3 is 0 Å². The Morgan fingerprint density at radius 1 is 1.12 bits per heavy atom. The van der Waals surface area contributed by atoms with Gasteiger partial charge in [-0.1, -0.05) is 72.2 Å². The number of nitrogens with one attached hydrogen (secondary N) is 2. The van der Waals surface area contributed by atoms with E-state index in [0.29, 0.717) is 28.0 Å². The van der Waals surface area contributed by atoms with Crippen LogP contribution in [-0.4, -0.2) is 18.5 Å². The Balaban J connectivity index is 1.47. The quantitative estimate of drug-likeness (QED) is 0.355. The zero-order chi connectivity index (χ0) is 24.1. The molecule has 0 spiro atoms. The smallest absolute Gasteiger partial charge is 0.260 e. The minimum Gasteiger partial charge on any atom is -0.493 e. The van der Waals surface area contributed by atoms with Crippen molar-refractivity contribution in [2.45, 2.75) is 32.4 Å². The first-order chi connectivity index (χ1) is 16.4. The number of carbonyl (C=O) groups excluding carboxylic acids is 1. The minimum atomic E-state index is -0.250. The first-order valence-electron chi connectivity index (χ1n) is 11.1. The van der Waals surface area contributed by atoms with Crippen molar-refractivity contribution in [2.24, 2.45) is 0 Å². The summed E-state index contributed by atoms with van der Waals surface area (Å²) in [6.07, 6.45) is 2.80. The number of aryl methyl sites for hydroxylation is 2. The van der Waals surface area contributed by atoms with Crippen LogP contribution < -0.4 is 20.1 Å². The summed E-state index contributed by atoms with van der Waals surface area (Å²) < 4.78 is 11.5. The van der Waals surface area contributed by atoms with Gasteiger partial charge in [-0.05, 0) is 60.4 Å². The van der Waals surface area contributed by atoms with E-state index in [0.717, 1.165) is 23.2 Å². The maximum absolute atomic E-state index is 12.5. The van der Waals surface area contributed by atoms with Gasteiger partial charge in [-0.15, -0.1) is 0 Å². The molecule has 0 saturated carbocycles. The maximum Gasteiger partial charge on any atom is 0.260 e. The van der Waals surface area contributed by atoms with Crippen molar-refractivity contribution in [3.63, 3.8) is 0 Å². The molecule has 1 fully saturated rings. The molecule has 0 unspecified atom stereocenters. The number of hydrogen-bond donors (Lipinski definition) is 2. The Hall–Kier alpha value is -3.09. The molecule has 1 aliphatic rings. The second-order valence-electron chi connectivity index (χ2n) is 7.99. The monoisotopic (exact) mass is 494 g/mol. The molecule has 1 amide bonds. The van der Waals surface area contributed by atoms with Crippen LogP contribution in [0.3, 0.4) is 0 Å². The normalized spacial score (nSPS) is 16.4. The standard InChI is InChI=1S/C27H27ClN2O3S/c1-4-18-8-10-21(11-9-18)29-27-30-26(31)24(34-27)15-20-13-22(28)25(23(14-20)32-3)33-16-19-7-5-6-17(2)12-19/h5-15,27,29H,4,16H2,1-3H3,(H,30,31)/b24-15-/t27-/m1/s1. The third kappa shape index (κ3) is 5.88. The van der Waals surface area contributed by atoms with Gasteiger partial charge in [0, 0.05) is 5.69 Å². The fourth-order valence-corrected chi connectivity index (χ4v) is 4.88. The molecular weight excluding hydrogens is 468 g/mol. The highest BCUT2D eigenvalue weighted by molar-refractivity contribution is 8.05. The largest absolute Gasteiger partial charge is 0.493 e. The van der Waals surface area contributed by atoms with Gasteiger partial charge in [-0.3, -0.25) is 4.79 Å². The van der Waals surface area contributed by atoms with Gasteiger partial charge in [0.1, 0.15) is 6.61 Å². The number of methoxy groups -OCH3 is 1. The van der Waals surface area contributed by atoms with Gasteiger partial charge in [-0.2, -0.15) is 0 Å². The van der Waals surface area contributed by atoms with Crippen LogP contribution in [0.25, 0.3) is 6.08 Å². The number of hydrogen-bond acceptors (Lipinski definition) is 5. The molecular formula is C27H27ClN2O3S. The van der Waals surface area contributed by atoms with Crippen LogP contribution >= 0.6 is 23.4 Å². The van der Waals surface area contributed by atoms with Crippen LogP contribution in [0.4, 0.5) is 5.69 Å². The molecule has 0 bridgehead atoms. The summed E-state index contributed by atoms with van der Waals surface area (Å²) in [5, 5.41) is 6.72. The van der Waals surface area contributed by atoms with E-state index in [4.69, 9.17) is 21.1 Å². The van der Waals surface area contributed by atoms with Crippen LogP contribution in [0.2, 0.25) is 5.02 Å².